The molecule has 0 amide bonds. The first-order chi connectivity index (χ1) is 9.11. The molecule has 1 aromatic rings. The lowest BCUT2D eigenvalue weighted by Gasteiger charge is -2.32. The summed E-state index contributed by atoms with van der Waals surface area (Å²) in [5.74, 6) is 2.28. The van der Waals surface area contributed by atoms with Crippen LogP contribution in [0.4, 0.5) is 0 Å². The molecular weight excluding hydrogens is 238 g/mol. The molecule has 0 bridgehead atoms. The molecule has 1 aromatic carbocycles. The maximum atomic E-state index is 5.43. The van der Waals surface area contributed by atoms with Crippen molar-refractivity contribution in [3.63, 3.8) is 0 Å². The third-order valence-electron chi connectivity index (χ3n) is 3.94. The van der Waals surface area contributed by atoms with Gasteiger partial charge in [-0.2, -0.15) is 0 Å². The van der Waals surface area contributed by atoms with Gasteiger partial charge in [0, 0.05) is 5.54 Å². The molecule has 1 heterocycles. The van der Waals surface area contributed by atoms with Crippen molar-refractivity contribution in [2.75, 3.05) is 20.8 Å². The highest BCUT2D eigenvalue weighted by Gasteiger charge is 2.36. The quantitative estimate of drug-likeness (QED) is 0.884. The highest BCUT2D eigenvalue weighted by molar-refractivity contribution is 5.45. The summed E-state index contributed by atoms with van der Waals surface area (Å²) in [6, 6.07) is 6.30. The van der Waals surface area contributed by atoms with Gasteiger partial charge in [-0.3, -0.25) is 0 Å². The second-order valence-electron chi connectivity index (χ2n) is 5.78. The Morgan fingerprint density at radius 2 is 1.95 bits per heavy atom. The number of hydrogen-bond acceptors (Lipinski definition) is 3. The minimum atomic E-state index is 0.105. The molecule has 0 radical (unpaired) electrons. The van der Waals surface area contributed by atoms with E-state index in [2.05, 4.69) is 31.3 Å². The van der Waals surface area contributed by atoms with Gasteiger partial charge in [0.1, 0.15) is 0 Å². The molecule has 19 heavy (non-hydrogen) atoms. The average Bonchev–Trinajstić information content (AvgIpc) is 2.86. The lowest BCUT2D eigenvalue weighted by molar-refractivity contribution is 0.306. The van der Waals surface area contributed by atoms with Gasteiger partial charge in [0.15, 0.2) is 11.5 Å². The van der Waals surface area contributed by atoms with Crippen molar-refractivity contribution in [1.82, 2.24) is 5.32 Å². The van der Waals surface area contributed by atoms with Crippen LogP contribution >= 0.6 is 0 Å². The Kier molecular flexibility index (Phi) is 4.35. The van der Waals surface area contributed by atoms with Crippen LogP contribution in [0.2, 0.25) is 0 Å². The normalized spacial score (nSPS) is 22.8. The Morgan fingerprint density at radius 1 is 1.21 bits per heavy atom. The molecule has 1 aliphatic heterocycles. The van der Waals surface area contributed by atoms with E-state index in [9.17, 15) is 0 Å². The van der Waals surface area contributed by atoms with E-state index in [4.69, 9.17) is 9.47 Å². The van der Waals surface area contributed by atoms with Gasteiger partial charge < -0.3 is 14.8 Å². The van der Waals surface area contributed by atoms with Crippen LogP contribution in [0, 0.1) is 5.92 Å². The number of benzene rings is 1. The second-order valence-corrected chi connectivity index (χ2v) is 5.78. The van der Waals surface area contributed by atoms with E-state index in [0.717, 1.165) is 24.5 Å². The highest BCUT2D eigenvalue weighted by atomic mass is 16.5. The lowest BCUT2D eigenvalue weighted by atomic mass is 9.81. The summed E-state index contributed by atoms with van der Waals surface area (Å²) in [5, 5.41) is 3.71. The molecule has 0 aromatic heterocycles. The zero-order valence-electron chi connectivity index (χ0n) is 12.5. The summed E-state index contributed by atoms with van der Waals surface area (Å²) < 4.78 is 10.8. The highest BCUT2D eigenvalue weighted by Crippen LogP contribution is 2.40. The van der Waals surface area contributed by atoms with Gasteiger partial charge in [-0.05, 0) is 49.4 Å². The number of hydrogen-bond donors (Lipinski definition) is 1. The average molecular weight is 263 g/mol. The minimum absolute atomic E-state index is 0.105. The predicted molar refractivity (Wildman–Crippen MR) is 77.9 cm³/mol. The topological polar surface area (TPSA) is 30.5 Å². The molecule has 106 valence electrons. The third kappa shape index (κ3) is 2.86. The summed E-state index contributed by atoms with van der Waals surface area (Å²) in [5.41, 5.74) is 1.42. The number of nitrogens with one attached hydrogen (secondary N) is 1. The van der Waals surface area contributed by atoms with Crippen LogP contribution in [0.5, 0.6) is 11.5 Å². The van der Waals surface area contributed by atoms with Crippen LogP contribution < -0.4 is 14.8 Å². The van der Waals surface area contributed by atoms with E-state index in [1.165, 1.54) is 18.4 Å². The van der Waals surface area contributed by atoms with Crippen LogP contribution in [-0.2, 0) is 5.54 Å². The molecule has 1 fully saturated rings. The van der Waals surface area contributed by atoms with Crippen LogP contribution in [0.25, 0.3) is 0 Å². The Balaban J connectivity index is 2.37. The van der Waals surface area contributed by atoms with Crippen molar-refractivity contribution in [2.45, 2.75) is 38.6 Å². The Bertz CT molecular complexity index is 423. The molecule has 2 rings (SSSR count). The number of rotatable bonds is 5. The van der Waals surface area contributed by atoms with Crippen LogP contribution in [-0.4, -0.2) is 20.8 Å². The molecule has 3 heteroatoms. The molecule has 0 aliphatic carbocycles. The number of ether oxygens (including phenoxy) is 2. The van der Waals surface area contributed by atoms with Gasteiger partial charge in [0.05, 0.1) is 14.2 Å². The second kappa shape index (κ2) is 5.83. The van der Waals surface area contributed by atoms with E-state index < -0.39 is 0 Å². The largest absolute Gasteiger partial charge is 0.493 e. The lowest BCUT2D eigenvalue weighted by Crippen LogP contribution is -2.38. The molecule has 1 aliphatic rings. The molecule has 1 saturated heterocycles. The Labute approximate surface area is 116 Å². The van der Waals surface area contributed by atoms with Gasteiger partial charge in [0.2, 0.25) is 0 Å². The van der Waals surface area contributed by atoms with Crippen LogP contribution in [0.15, 0.2) is 18.2 Å². The molecular formula is C16H25NO2. The van der Waals surface area contributed by atoms with Gasteiger partial charge in [-0.25, -0.2) is 0 Å². The van der Waals surface area contributed by atoms with E-state index in [-0.39, 0.29) is 5.54 Å². The van der Waals surface area contributed by atoms with Crippen LogP contribution in [0.3, 0.4) is 0 Å². The smallest absolute Gasteiger partial charge is 0.161 e. The minimum Gasteiger partial charge on any atom is -0.493 e. The van der Waals surface area contributed by atoms with E-state index in [1.807, 2.05) is 6.07 Å². The first-order valence-corrected chi connectivity index (χ1v) is 7.09. The van der Waals surface area contributed by atoms with Crippen molar-refractivity contribution < 1.29 is 9.47 Å². The van der Waals surface area contributed by atoms with Gasteiger partial charge in [-0.15, -0.1) is 0 Å². The van der Waals surface area contributed by atoms with Crippen molar-refractivity contribution in [3.05, 3.63) is 23.8 Å². The summed E-state index contributed by atoms with van der Waals surface area (Å²) in [6.45, 7) is 5.66. The van der Waals surface area contributed by atoms with Crippen molar-refractivity contribution in [1.29, 1.82) is 0 Å². The van der Waals surface area contributed by atoms with Gasteiger partial charge in [0.25, 0.3) is 0 Å². The van der Waals surface area contributed by atoms with Crippen molar-refractivity contribution in [3.8, 4) is 11.5 Å². The summed E-state index contributed by atoms with van der Waals surface area (Å²) in [6.07, 6.45) is 3.59. The maximum Gasteiger partial charge on any atom is 0.161 e. The molecule has 0 saturated carbocycles. The predicted octanol–water partition coefficient (Wildman–Crippen LogP) is 3.33. The van der Waals surface area contributed by atoms with Crippen LogP contribution in [0.1, 0.15) is 38.7 Å². The van der Waals surface area contributed by atoms with E-state index >= 15 is 0 Å². The Morgan fingerprint density at radius 3 is 2.47 bits per heavy atom. The number of methoxy groups -OCH3 is 2. The van der Waals surface area contributed by atoms with Gasteiger partial charge in [-0.1, -0.05) is 19.9 Å². The summed E-state index contributed by atoms with van der Waals surface area (Å²) >= 11 is 0. The zero-order valence-corrected chi connectivity index (χ0v) is 12.5. The first-order valence-electron chi connectivity index (χ1n) is 7.09. The van der Waals surface area contributed by atoms with E-state index in [0.29, 0.717) is 5.92 Å². The van der Waals surface area contributed by atoms with Crippen molar-refractivity contribution in [2.24, 2.45) is 5.92 Å². The standard InChI is InChI=1S/C16H25NO2/c1-12(2)11-16(8-5-9-17-16)13-6-7-14(18-3)15(10-13)19-4/h6-7,10,12,17H,5,8-9,11H2,1-4H3. The molecule has 0 spiro atoms. The summed E-state index contributed by atoms with van der Waals surface area (Å²) in [4.78, 5) is 0. The van der Waals surface area contributed by atoms with E-state index in [1.54, 1.807) is 14.2 Å². The Hall–Kier alpha value is -1.22. The fraction of sp³-hybridized carbons (Fsp3) is 0.625. The SMILES string of the molecule is COc1ccc(C2(CC(C)C)CCCN2)cc1OC. The zero-order chi connectivity index (χ0) is 13.9. The third-order valence-corrected chi connectivity index (χ3v) is 3.94. The van der Waals surface area contributed by atoms with Crippen molar-refractivity contribution >= 4 is 0 Å². The molecule has 1 N–H and O–H groups in total. The van der Waals surface area contributed by atoms with Gasteiger partial charge >= 0.3 is 0 Å². The monoisotopic (exact) mass is 263 g/mol. The maximum absolute atomic E-state index is 5.43. The molecule has 3 nitrogen and oxygen atoms in total. The first kappa shape index (κ1) is 14.2. The summed E-state index contributed by atoms with van der Waals surface area (Å²) in [7, 11) is 3.37. The fourth-order valence-corrected chi connectivity index (χ4v) is 3.18. The molecule has 1 atom stereocenters. The molecule has 1 unspecified atom stereocenters. The fourth-order valence-electron chi connectivity index (χ4n) is 3.18.